The summed E-state index contributed by atoms with van der Waals surface area (Å²) in [5.41, 5.74) is 9.20. The van der Waals surface area contributed by atoms with Crippen molar-refractivity contribution in [3.05, 3.63) is 59.7 Å². The lowest BCUT2D eigenvalue weighted by atomic mass is 9.95. The van der Waals surface area contributed by atoms with Crippen molar-refractivity contribution in [1.82, 2.24) is 0 Å². The Balaban J connectivity index is 1.73. The van der Waals surface area contributed by atoms with E-state index in [1.807, 2.05) is 24.3 Å². The lowest BCUT2D eigenvalue weighted by Gasteiger charge is -2.33. The predicted octanol–water partition coefficient (Wildman–Crippen LogP) is 2.17. The van der Waals surface area contributed by atoms with Crippen molar-refractivity contribution in [2.45, 2.75) is 44.4 Å². The van der Waals surface area contributed by atoms with E-state index in [2.05, 4.69) is 11.8 Å². The van der Waals surface area contributed by atoms with E-state index < -0.39 is 30.1 Å². The molecule has 2 aliphatic rings. The molecule has 7 nitrogen and oxygen atoms in total. The van der Waals surface area contributed by atoms with Gasteiger partial charge in [-0.1, -0.05) is 37.3 Å². The van der Waals surface area contributed by atoms with Gasteiger partial charge in [0.2, 0.25) is 11.8 Å². The highest BCUT2D eigenvalue weighted by Crippen LogP contribution is 2.35. The minimum Gasteiger partial charge on any atom is -0.371 e. The molecule has 4 rings (SSSR count). The van der Waals surface area contributed by atoms with Crippen molar-refractivity contribution < 1.29 is 19.4 Å². The van der Waals surface area contributed by atoms with Gasteiger partial charge in [0, 0.05) is 24.5 Å². The standard InChI is InChI=1S/C24H29N3O4/c1-2-12-26-13-10-17-15-18(8-9-19(17)26)27(20-11-14-31-24(20)30)23(29)21(22(25)28)16-6-4-3-5-7-16/h3-9,15,20-21,24,30H,2,10-14H2,1H3,(H2,25,28)/t20-,21?,24?/m0/s1. The van der Waals surface area contributed by atoms with Gasteiger partial charge < -0.3 is 25.4 Å². The lowest BCUT2D eigenvalue weighted by Crippen LogP contribution is -2.49. The van der Waals surface area contributed by atoms with Crippen LogP contribution in [0.4, 0.5) is 11.4 Å². The fraction of sp³-hybridized carbons (Fsp3) is 0.417. The number of rotatable bonds is 7. The Kier molecular flexibility index (Phi) is 6.25. The maximum atomic E-state index is 13.7. The maximum Gasteiger partial charge on any atom is 0.244 e. The Labute approximate surface area is 182 Å². The summed E-state index contributed by atoms with van der Waals surface area (Å²) in [5, 5.41) is 10.4. The summed E-state index contributed by atoms with van der Waals surface area (Å²) < 4.78 is 5.34. The quantitative estimate of drug-likeness (QED) is 0.666. The first-order chi connectivity index (χ1) is 15.0. The predicted molar refractivity (Wildman–Crippen MR) is 119 cm³/mol. The summed E-state index contributed by atoms with van der Waals surface area (Å²) in [7, 11) is 0. The van der Waals surface area contributed by atoms with Crippen LogP contribution in [-0.4, -0.2) is 48.9 Å². The van der Waals surface area contributed by atoms with E-state index in [1.165, 1.54) is 10.6 Å². The minimum absolute atomic E-state index is 0.345. The largest absolute Gasteiger partial charge is 0.371 e. The molecule has 0 aromatic heterocycles. The van der Waals surface area contributed by atoms with Crippen LogP contribution in [0.15, 0.2) is 48.5 Å². The highest BCUT2D eigenvalue weighted by Gasteiger charge is 2.40. The average Bonchev–Trinajstić information content (AvgIpc) is 3.35. The highest BCUT2D eigenvalue weighted by molar-refractivity contribution is 6.12. The fourth-order valence-electron chi connectivity index (χ4n) is 4.62. The van der Waals surface area contributed by atoms with Gasteiger partial charge in [0.25, 0.3) is 0 Å². The molecule has 31 heavy (non-hydrogen) atoms. The van der Waals surface area contributed by atoms with Crippen LogP contribution < -0.4 is 15.5 Å². The number of carbonyl (C=O) groups is 2. The normalized spacial score (nSPS) is 21.0. The smallest absolute Gasteiger partial charge is 0.244 e. The number of aliphatic hydroxyl groups excluding tert-OH is 1. The van der Waals surface area contributed by atoms with E-state index >= 15 is 0 Å². The van der Waals surface area contributed by atoms with E-state index in [4.69, 9.17) is 10.5 Å². The van der Waals surface area contributed by atoms with Crippen molar-refractivity contribution in [2.75, 3.05) is 29.5 Å². The van der Waals surface area contributed by atoms with Crippen molar-refractivity contribution in [2.24, 2.45) is 5.73 Å². The molecule has 2 unspecified atom stereocenters. The molecule has 2 aromatic carbocycles. The molecule has 1 fully saturated rings. The number of carbonyl (C=O) groups excluding carboxylic acids is 2. The van der Waals surface area contributed by atoms with Crippen LogP contribution in [0.1, 0.15) is 36.8 Å². The van der Waals surface area contributed by atoms with Gasteiger partial charge in [-0.3, -0.25) is 9.59 Å². The molecule has 0 saturated carbocycles. The third-order valence-corrected chi connectivity index (χ3v) is 6.09. The Morgan fingerprint density at radius 1 is 1.26 bits per heavy atom. The van der Waals surface area contributed by atoms with Gasteiger partial charge in [0.15, 0.2) is 6.29 Å². The van der Waals surface area contributed by atoms with Gasteiger partial charge in [-0.15, -0.1) is 0 Å². The number of hydrogen-bond donors (Lipinski definition) is 2. The van der Waals surface area contributed by atoms with Gasteiger partial charge in [-0.2, -0.15) is 0 Å². The summed E-state index contributed by atoms with van der Waals surface area (Å²) in [6.45, 7) is 4.44. The molecule has 0 spiro atoms. The van der Waals surface area contributed by atoms with Crippen LogP contribution in [0.2, 0.25) is 0 Å². The van der Waals surface area contributed by atoms with Crippen molar-refractivity contribution >= 4 is 23.2 Å². The molecule has 164 valence electrons. The summed E-state index contributed by atoms with van der Waals surface area (Å²) in [6.07, 6.45) is 1.33. The maximum absolute atomic E-state index is 13.7. The molecule has 2 heterocycles. The number of ether oxygens (including phenoxy) is 1. The highest BCUT2D eigenvalue weighted by atomic mass is 16.6. The average molecular weight is 424 g/mol. The number of anilines is 2. The van der Waals surface area contributed by atoms with Crippen LogP contribution in [0.5, 0.6) is 0 Å². The van der Waals surface area contributed by atoms with Crippen LogP contribution in [0, 0.1) is 0 Å². The second kappa shape index (κ2) is 9.08. The molecule has 0 bridgehead atoms. The van der Waals surface area contributed by atoms with E-state index in [0.717, 1.165) is 31.5 Å². The second-order valence-electron chi connectivity index (χ2n) is 8.12. The monoisotopic (exact) mass is 423 g/mol. The molecule has 2 amide bonds. The fourth-order valence-corrected chi connectivity index (χ4v) is 4.62. The SMILES string of the molecule is CCCN1CCc2cc(N(C(=O)C(C(N)=O)c3ccccc3)[C@H]3CCOC3O)ccc21. The Morgan fingerprint density at radius 2 is 2.03 bits per heavy atom. The molecule has 2 aliphatic heterocycles. The third-order valence-electron chi connectivity index (χ3n) is 6.09. The molecule has 0 aliphatic carbocycles. The Bertz CT molecular complexity index is 949. The number of amides is 2. The summed E-state index contributed by atoms with van der Waals surface area (Å²) in [6, 6.07) is 14.1. The van der Waals surface area contributed by atoms with Crippen molar-refractivity contribution in [3.63, 3.8) is 0 Å². The van der Waals surface area contributed by atoms with Gasteiger partial charge in [-0.05, 0) is 48.6 Å². The second-order valence-corrected chi connectivity index (χ2v) is 8.12. The van der Waals surface area contributed by atoms with Gasteiger partial charge >= 0.3 is 0 Å². The molecular formula is C24H29N3O4. The zero-order valence-corrected chi connectivity index (χ0v) is 17.7. The topological polar surface area (TPSA) is 96.1 Å². The molecule has 3 N–H and O–H groups in total. The Hall–Kier alpha value is -2.90. The van der Waals surface area contributed by atoms with Crippen LogP contribution in [0.25, 0.3) is 0 Å². The van der Waals surface area contributed by atoms with Crippen molar-refractivity contribution in [3.8, 4) is 0 Å². The first kappa shape index (κ1) is 21.3. The van der Waals surface area contributed by atoms with Gasteiger partial charge in [0.1, 0.15) is 5.92 Å². The Morgan fingerprint density at radius 3 is 2.68 bits per heavy atom. The minimum atomic E-state index is -1.14. The molecule has 0 radical (unpaired) electrons. The van der Waals surface area contributed by atoms with Crippen LogP contribution >= 0.6 is 0 Å². The van der Waals surface area contributed by atoms with E-state index in [-0.39, 0.29) is 0 Å². The van der Waals surface area contributed by atoms with Gasteiger partial charge in [0.05, 0.1) is 12.6 Å². The van der Waals surface area contributed by atoms with E-state index in [9.17, 15) is 14.7 Å². The first-order valence-corrected chi connectivity index (χ1v) is 10.9. The van der Waals surface area contributed by atoms with E-state index in [0.29, 0.717) is 24.3 Å². The number of aliphatic hydroxyl groups is 1. The lowest BCUT2D eigenvalue weighted by molar-refractivity contribution is -0.130. The van der Waals surface area contributed by atoms with Crippen LogP contribution in [0.3, 0.4) is 0 Å². The summed E-state index contributed by atoms with van der Waals surface area (Å²) in [5.74, 6) is -2.31. The molecule has 1 saturated heterocycles. The number of nitrogens with zero attached hydrogens (tertiary/aromatic N) is 2. The molecule has 2 aromatic rings. The molecule has 7 heteroatoms. The van der Waals surface area contributed by atoms with Crippen LogP contribution in [-0.2, 0) is 20.7 Å². The summed E-state index contributed by atoms with van der Waals surface area (Å²) >= 11 is 0. The zero-order chi connectivity index (χ0) is 22.0. The van der Waals surface area contributed by atoms with E-state index in [1.54, 1.807) is 24.3 Å². The number of nitrogens with two attached hydrogens (primary N) is 1. The number of benzene rings is 2. The number of fused-ring (bicyclic) bond motifs is 1. The zero-order valence-electron chi connectivity index (χ0n) is 17.7. The first-order valence-electron chi connectivity index (χ1n) is 10.9. The molecule has 3 atom stereocenters. The number of primary amides is 1. The third kappa shape index (κ3) is 4.16. The molecular weight excluding hydrogens is 394 g/mol. The summed E-state index contributed by atoms with van der Waals surface area (Å²) in [4.78, 5) is 29.9. The van der Waals surface area contributed by atoms with Crippen molar-refractivity contribution in [1.29, 1.82) is 0 Å². The number of hydrogen-bond acceptors (Lipinski definition) is 5. The van der Waals surface area contributed by atoms with Gasteiger partial charge in [-0.25, -0.2) is 0 Å².